The topological polar surface area (TPSA) is 17.1 Å². The average molecular weight is 371 g/mol. The van der Waals surface area contributed by atoms with Gasteiger partial charge in [-0.15, -0.1) is 0 Å². The van der Waals surface area contributed by atoms with E-state index in [1.54, 1.807) is 0 Å². The van der Waals surface area contributed by atoms with Gasteiger partial charge in [0.25, 0.3) is 0 Å². The van der Waals surface area contributed by atoms with Crippen LogP contribution < -0.4 is 0 Å². The lowest BCUT2D eigenvalue weighted by Crippen LogP contribution is -2.61. The molecule has 5 saturated carbocycles. The fraction of sp³-hybridized carbons (Fsp3) is 0.962. The molecule has 0 aromatic rings. The molecule has 8 unspecified atom stereocenters. The highest BCUT2D eigenvalue weighted by molar-refractivity contribution is 5.61. The van der Waals surface area contributed by atoms with Crippen molar-refractivity contribution >= 4 is 6.29 Å². The van der Waals surface area contributed by atoms with Gasteiger partial charge in [0.1, 0.15) is 6.29 Å². The Balaban J connectivity index is 1.49. The minimum absolute atomic E-state index is 0.0816. The molecule has 0 aromatic carbocycles. The second kappa shape index (κ2) is 5.85. The zero-order valence-electron chi connectivity index (χ0n) is 18.4. The van der Waals surface area contributed by atoms with Gasteiger partial charge in [-0.25, -0.2) is 0 Å². The van der Waals surface area contributed by atoms with Gasteiger partial charge in [-0.2, -0.15) is 0 Å². The standard InChI is InChI=1S/C26H42O/c1-23(2)12-6-13-25(4)21(23)11-15-24(3)19-10-16-26(17-27)14-5-7-20(26)18(19)8-9-22(24)25/h17-22H,5-16H2,1-4H3. The number of fused-ring (bicyclic) bond motifs is 7. The van der Waals surface area contributed by atoms with Crippen LogP contribution in [0.4, 0.5) is 0 Å². The largest absolute Gasteiger partial charge is 0.303 e. The Morgan fingerprint density at radius 1 is 0.667 bits per heavy atom. The Hall–Kier alpha value is -0.330. The van der Waals surface area contributed by atoms with E-state index in [1.165, 1.54) is 83.3 Å². The Morgan fingerprint density at radius 2 is 1.48 bits per heavy atom. The Labute approximate surface area is 167 Å². The van der Waals surface area contributed by atoms with Gasteiger partial charge in [-0.3, -0.25) is 0 Å². The van der Waals surface area contributed by atoms with Crippen molar-refractivity contribution in [1.82, 2.24) is 0 Å². The molecular formula is C26H42O. The molecule has 8 atom stereocenters. The molecule has 27 heavy (non-hydrogen) atoms. The second-order valence-corrected chi connectivity index (χ2v) is 12.7. The zero-order chi connectivity index (χ0) is 19.1. The summed E-state index contributed by atoms with van der Waals surface area (Å²) in [5.41, 5.74) is 1.72. The third-order valence-electron chi connectivity index (χ3n) is 11.6. The molecule has 1 heteroatoms. The molecule has 1 nitrogen and oxygen atoms in total. The maximum atomic E-state index is 12.1. The fourth-order valence-corrected chi connectivity index (χ4v) is 10.6. The Bertz CT molecular complexity index is 622. The second-order valence-electron chi connectivity index (χ2n) is 12.7. The van der Waals surface area contributed by atoms with Gasteiger partial charge in [-0.1, -0.05) is 40.5 Å². The van der Waals surface area contributed by atoms with Crippen molar-refractivity contribution in [3.63, 3.8) is 0 Å². The molecule has 0 saturated heterocycles. The van der Waals surface area contributed by atoms with E-state index < -0.39 is 0 Å². The number of hydrogen-bond acceptors (Lipinski definition) is 1. The highest BCUT2D eigenvalue weighted by atomic mass is 16.1. The van der Waals surface area contributed by atoms with Crippen LogP contribution >= 0.6 is 0 Å². The number of aldehydes is 1. The average Bonchev–Trinajstić information content (AvgIpc) is 3.05. The van der Waals surface area contributed by atoms with E-state index in [4.69, 9.17) is 0 Å². The molecular weight excluding hydrogens is 328 g/mol. The van der Waals surface area contributed by atoms with Gasteiger partial charge in [0.2, 0.25) is 0 Å². The number of carbonyl (C=O) groups is 1. The lowest BCUT2D eigenvalue weighted by atomic mass is 9.36. The van der Waals surface area contributed by atoms with Crippen LogP contribution in [0.1, 0.15) is 105 Å². The molecule has 5 aliphatic rings. The summed E-state index contributed by atoms with van der Waals surface area (Å²) in [6.07, 6.45) is 18.0. The van der Waals surface area contributed by atoms with Crippen molar-refractivity contribution in [1.29, 1.82) is 0 Å². The molecule has 5 aliphatic carbocycles. The summed E-state index contributed by atoms with van der Waals surface area (Å²) in [6, 6.07) is 0. The van der Waals surface area contributed by atoms with Gasteiger partial charge in [0.15, 0.2) is 0 Å². The quantitative estimate of drug-likeness (QED) is 0.452. The van der Waals surface area contributed by atoms with E-state index in [0.29, 0.717) is 16.2 Å². The molecule has 152 valence electrons. The van der Waals surface area contributed by atoms with Crippen LogP contribution in [-0.2, 0) is 4.79 Å². The summed E-state index contributed by atoms with van der Waals surface area (Å²) in [5, 5.41) is 0. The van der Waals surface area contributed by atoms with Crippen molar-refractivity contribution in [2.75, 3.05) is 0 Å². The highest BCUT2D eigenvalue weighted by Gasteiger charge is 2.65. The van der Waals surface area contributed by atoms with E-state index in [1.807, 2.05) is 0 Å². The summed E-state index contributed by atoms with van der Waals surface area (Å²) in [4.78, 5) is 12.1. The lowest BCUT2D eigenvalue weighted by Gasteiger charge is -2.68. The molecule has 0 aromatic heterocycles. The summed E-state index contributed by atoms with van der Waals surface area (Å²) >= 11 is 0. The van der Waals surface area contributed by atoms with Gasteiger partial charge in [-0.05, 0) is 110 Å². The van der Waals surface area contributed by atoms with E-state index in [-0.39, 0.29) is 5.41 Å². The van der Waals surface area contributed by atoms with Gasteiger partial charge >= 0.3 is 0 Å². The van der Waals surface area contributed by atoms with Crippen LogP contribution in [0.2, 0.25) is 0 Å². The van der Waals surface area contributed by atoms with Crippen molar-refractivity contribution in [2.45, 2.75) is 105 Å². The van der Waals surface area contributed by atoms with Crippen molar-refractivity contribution < 1.29 is 4.79 Å². The maximum absolute atomic E-state index is 12.1. The Morgan fingerprint density at radius 3 is 2.26 bits per heavy atom. The van der Waals surface area contributed by atoms with Crippen molar-refractivity contribution in [3.05, 3.63) is 0 Å². The van der Waals surface area contributed by atoms with Crippen molar-refractivity contribution in [2.24, 2.45) is 51.2 Å². The van der Waals surface area contributed by atoms with Gasteiger partial charge in [0, 0.05) is 5.41 Å². The van der Waals surface area contributed by atoms with Crippen LogP contribution in [0.3, 0.4) is 0 Å². The number of hydrogen-bond donors (Lipinski definition) is 0. The minimum Gasteiger partial charge on any atom is -0.303 e. The lowest BCUT2D eigenvalue weighted by molar-refractivity contribution is -0.194. The first-order valence-corrected chi connectivity index (χ1v) is 12.2. The van der Waals surface area contributed by atoms with Gasteiger partial charge < -0.3 is 4.79 Å². The van der Waals surface area contributed by atoms with E-state index in [2.05, 4.69) is 27.7 Å². The van der Waals surface area contributed by atoms with E-state index >= 15 is 0 Å². The van der Waals surface area contributed by atoms with Crippen LogP contribution in [0, 0.1) is 51.2 Å². The normalized spacial score (nSPS) is 56.4. The van der Waals surface area contributed by atoms with Crippen molar-refractivity contribution in [3.8, 4) is 0 Å². The van der Waals surface area contributed by atoms with Gasteiger partial charge in [0.05, 0.1) is 0 Å². The van der Waals surface area contributed by atoms with Crippen LogP contribution in [-0.4, -0.2) is 6.29 Å². The molecule has 0 amide bonds. The first kappa shape index (κ1) is 18.7. The molecule has 5 rings (SSSR count). The molecule has 0 heterocycles. The zero-order valence-corrected chi connectivity index (χ0v) is 18.4. The third-order valence-corrected chi connectivity index (χ3v) is 11.6. The summed E-state index contributed by atoms with van der Waals surface area (Å²) in [7, 11) is 0. The Kier molecular flexibility index (Phi) is 4.05. The SMILES string of the molecule is CC1(C)CCCC2(C)C1CCC1(C)C3CCC4(C=O)CCCC4C3CCC12. The third kappa shape index (κ3) is 2.32. The first-order chi connectivity index (χ1) is 12.8. The predicted molar refractivity (Wildman–Crippen MR) is 111 cm³/mol. The number of carbonyl (C=O) groups excluding carboxylic acids is 1. The number of rotatable bonds is 1. The monoisotopic (exact) mass is 370 g/mol. The van der Waals surface area contributed by atoms with Crippen LogP contribution in [0.25, 0.3) is 0 Å². The fourth-order valence-electron chi connectivity index (χ4n) is 10.6. The smallest absolute Gasteiger partial charge is 0.126 e. The molecule has 0 spiro atoms. The molecule has 0 N–H and O–H groups in total. The molecule has 0 bridgehead atoms. The van der Waals surface area contributed by atoms with Crippen LogP contribution in [0.15, 0.2) is 0 Å². The highest BCUT2D eigenvalue weighted by Crippen LogP contribution is 2.72. The molecule has 0 radical (unpaired) electrons. The van der Waals surface area contributed by atoms with E-state index in [9.17, 15) is 4.79 Å². The summed E-state index contributed by atoms with van der Waals surface area (Å²) < 4.78 is 0. The first-order valence-electron chi connectivity index (χ1n) is 12.2. The molecule has 5 fully saturated rings. The maximum Gasteiger partial charge on any atom is 0.126 e. The predicted octanol–water partition coefficient (Wildman–Crippen LogP) is 7.04. The summed E-state index contributed by atoms with van der Waals surface area (Å²) in [6.45, 7) is 10.6. The summed E-state index contributed by atoms with van der Waals surface area (Å²) in [5.74, 6) is 4.33. The molecule has 0 aliphatic heterocycles. The van der Waals surface area contributed by atoms with E-state index in [0.717, 1.165) is 29.6 Å². The van der Waals surface area contributed by atoms with Crippen LogP contribution in [0.5, 0.6) is 0 Å². The minimum atomic E-state index is 0.0816.